The van der Waals surface area contributed by atoms with Gasteiger partial charge in [0.05, 0.1) is 0 Å². The van der Waals surface area contributed by atoms with E-state index >= 15 is 0 Å². The average molecular weight is 166 g/mol. The fraction of sp³-hybridized carbons (Fsp3) is 0.500. The van der Waals surface area contributed by atoms with Crippen molar-refractivity contribution >= 4 is 0 Å². The van der Waals surface area contributed by atoms with E-state index in [-0.39, 0.29) is 0 Å². The minimum Gasteiger partial charge on any atom is -0.0985 e. The highest BCUT2D eigenvalue weighted by Crippen LogP contribution is 1.97. The first-order valence-electron chi connectivity index (χ1n) is 4.71. The lowest BCUT2D eigenvalue weighted by Crippen LogP contribution is -1.65. The third-order valence-electron chi connectivity index (χ3n) is 1.12. The van der Waals surface area contributed by atoms with Crippen molar-refractivity contribution in [2.24, 2.45) is 0 Å². The largest absolute Gasteiger partial charge is 0.0985 e. The topological polar surface area (TPSA) is 0 Å². The standard InChI is InChI=1S/C9H14.C3H8/c1-4-7-8-9(5-2)6-3;1-3-2/h5-8H,2,4H2,1,3H3;3H2,1-2H3/b8-7-,9-6-;. The van der Waals surface area contributed by atoms with Crippen molar-refractivity contribution in [3.63, 3.8) is 0 Å². The summed E-state index contributed by atoms with van der Waals surface area (Å²) in [7, 11) is 0. The molecule has 0 N–H and O–H groups in total. The Kier molecular flexibility index (Phi) is 14.8. The van der Waals surface area contributed by atoms with Gasteiger partial charge in [-0.25, -0.2) is 0 Å². The van der Waals surface area contributed by atoms with Gasteiger partial charge in [0, 0.05) is 0 Å². The Labute approximate surface area is 77.7 Å². The fourth-order valence-corrected chi connectivity index (χ4v) is 0.536. The lowest BCUT2D eigenvalue weighted by molar-refractivity contribution is 1.09. The third kappa shape index (κ3) is 12.0. The van der Waals surface area contributed by atoms with Crippen molar-refractivity contribution in [2.45, 2.75) is 40.5 Å². The number of rotatable bonds is 3. The molecule has 0 amide bonds. The van der Waals surface area contributed by atoms with E-state index in [1.165, 1.54) is 12.0 Å². The quantitative estimate of drug-likeness (QED) is 0.541. The first kappa shape index (κ1) is 13.8. The summed E-state index contributed by atoms with van der Waals surface area (Å²) in [4.78, 5) is 0. The lowest BCUT2D eigenvalue weighted by atomic mass is 10.2. The van der Waals surface area contributed by atoms with E-state index in [0.717, 1.165) is 6.42 Å². The molecule has 0 aromatic carbocycles. The Balaban J connectivity index is 0. The van der Waals surface area contributed by atoms with Crippen molar-refractivity contribution < 1.29 is 0 Å². The van der Waals surface area contributed by atoms with Gasteiger partial charge in [0.25, 0.3) is 0 Å². The van der Waals surface area contributed by atoms with Crippen molar-refractivity contribution in [1.29, 1.82) is 0 Å². The second-order valence-electron chi connectivity index (χ2n) is 2.51. The van der Waals surface area contributed by atoms with Crippen LogP contribution in [0, 0.1) is 0 Å². The van der Waals surface area contributed by atoms with Gasteiger partial charge in [-0.1, -0.05) is 58.1 Å². The second kappa shape index (κ2) is 12.9. The molecule has 0 heteroatoms. The van der Waals surface area contributed by atoms with Crippen LogP contribution in [0.15, 0.2) is 36.5 Å². The summed E-state index contributed by atoms with van der Waals surface area (Å²) in [6.07, 6.45) is 10.4. The van der Waals surface area contributed by atoms with Crippen LogP contribution in [0.4, 0.5) is 0 Å². The van der Waals surface area contributed by atoms with Crippen LogP contribution in [0.2, 0.25) is 0 Å². The van der Waals surface area contributed by atoms with Gasteiger partial charge in [0.15, 0.2) is 0 Å². The molecular weight excluding hydrogens is 144 g/mol. The van der Waals surface area contributed by atoms with Crippen LogP contribution >= 0.6 is 0 Å². The molecule has 0 atom stereocenters. The monoisotopic (exact) mass is 166 g/mol. The Hall–Kier alpha value is -0.780. The van der Waals surface area contributed by atoms with Crippen LogP contribution in [-0.4, -0.2) is 0 Å². The molecule has 0 spiro atoms. The number of hydrogen-bond acceptors (Lipinski definition) is 0. The number of allylic oxidation sites excluding steroid dienone is 5. The zero-order chi connectivity index (χ0) is 9.82. The van der Waals surface area contributed by atoms with Crippen LogP contribution in [0.25, 0.3) is 0 Å². The smallest absolute Gasteiger partial charge is 0.0308 e. The first-order valence-corrected chi connectivity index (χ1v) is 4.71. The van der Waals surface area contributed by atoms with Gasteiger partial charge in [-0.15, -0.1) is 0 Å². The van der Waals surface area contributed by atoms with Crippen LogP contribution in [0.3, 0.4) is 0 Å². The summed E-state index contributed by atoms with van der Waals surface area (Å²) in [6.45, 7) is 12.0. The maximum absolute atomic E-state index is 3.67. The second-order valence-corrected chi connectivity index (χ2v) is 2.51. The zero-order valence-corrected chi connectivity index (χ0v) is 8.93. The fourth-order valence-electron chi connectivity index (χ4n) is 0.536. The van der Waals surface area contributed by atoms with E-state index in [0.29, 0.717) is 0 Å². The summed E-state index contributed by atoms with van der Waals surface area (Å²) in [5.41, 5.74) is 1.19. The van der Waals surface area contributed by atoms with E-state index in [1.807, 2.05) is 19.1 Å². The predicted molar refractivity (Wildman–Crippen MR) is 59.4 cm³/mol. The van der Waals surface area contributed by atoms with Gasteiger partial charge in [-0.3, -0.25) is 0 Å². The minimum absolute atomic E-state index is 1.09. The van der Waals surface area contributed by atoms with E-state index < -0.39 is 0 Å². The van der Waals surface area contributed by atoms with Gasteiger partial charge in [0.2, 0.25) is 0 Å². The van der Waals surface area contributed by atoms with Crippen LogP contribution < -0.4 is 0 Å². The average Bonchev–Trinajstić information content (AvgIpc) is 2.08. The van der Waals surface area contributed by atoms with E-state index in [1.54, 1.807) is 0 Å². The maximum atomic E-state index is 3.67. The molecule has 0 fully saturated rings. The maximum Gasteiger partial charge on any atom is -0.0308 e. The molecule has 0 saturated carbocycles. The van der Waals surface area contributed by atoms with E-state index in [9.17, 15) is 0 Å². The lowest BCUT2D eigenvalue weighted by Gasteiger charge is -1.86. The van der Waals surface area contributed by atoms with Gasteiger partial charge in [0.1, 0.15) is 0 Å². The van der Waals surface area contributed by atoms with Crippen molar-refractivity contribution in [3.05, 3.63) is 36.5 Å². The van der Waals surface area contributed by atoms with Gasteiger partial charge in [-0.2, -0.15) is 0 Å². The molecule has 0 saturated heterocycles. The number of hydrogen-bond donors (Lipinski definition) is 0. The van der Waals surface area contributed by atoms with Crippen LogP contribution in [-0.2, 0) is 0 Å². The zero-order valence-electron chi connectivity index (χ0n) is 8.93. The molecule has 0 bridgehead atoms. The van der Waals surface area contributed by atoms with Crippen LogP contribution in [0.1, 0.15) is 40.5 Å². The van der Waals surface area contributed by atoms with Gasteiger partial charge < -0.3 is 0 Å². The predicted octanol–water partition coefficient (Wildman–Crippen LogP) is 4.50. The van der Waals surface area contributed by atoms with E-state index in [4.69, 9.17) is 0 Å². The molecule has 0 radical (unpaired) electrons. The summed E-state index contributed by atoms with van der Waals surface area (Å²) in [5.74, 6) is 0. The highest BCUT2D eigenvalue weighted by Gasteiger charge is 1.76. The first-order chi connectivity index (χ1) is 5.76. The molecule has 0 aromatic rings. The molecule has 0 aliphatic heterocycles. The normalized spacial score (nSPS) is 10.8. The molecule has 0 aromatic heterocycles. The Morgan fingerprint density at radius 3 is 2.00 bits per heavy atom. The molecule has 0 heterocycles. The van der Waals surface area contributed by atoms with Gasteiger partial charge in [-0.05, 0) is 18.9 Å². The van der Waals surface area contributed by atoms with Crippen molar-refractivity contribution in [3.8, 4) is 0 Å². The molecule has 0 aliphatic carbocycles. The minimum atomic E-state index is 1.09. The summed E-state index contributed by atoms with van der Waals surface area (Å²) >= 11 is 0. The SMILES string of the molecule is C=CC(/C=C\CC)=C/C.CCC. The van der Waals surface area contributed by atoms with Crippen LogP contribution in [0.5, 0.6) is 0 Å². The van der Waals surface area contributed by atoms with Crippen molar-refractivity contribution in [1.82, 2.24) is 0 Å². The Morgan fingerprint density at radius 2 is 1.75 bits per heavy atom. The molecule has 0 aliphatic rings. The summed E-state index contributed by atoms with van der Waals surface area (Å²) < 4.78 is 0. The third-order valence-corrected chi connectivity index (χ3v) is 1.12. The Bertz CT molecular complexity index is 138. The molecule has 0 unspecified atom stereocenters. The molecule has 0 nitrogen and oxygen atoms in total. The molecule has 12 heavy (non-hydrogen) atoms. The van der Waals surface area contributed by atoms with Gasteiger partial charge >= 0.3 is 0 Å². The highest BCUT2D eigenvalue weighted by molar-refractivity contribution is 5.27. The van der Waals surface area contributed by atoms with Crippen molar-refractivity contribution in [2.75, 3.05) is 0 Å². The molecule has 70 valence electrons. The summed E-state index contributed by atoms with van der Waals surface area (Å²) in [6, 6.07) is 0. The van der Waals surface area contributed by atoms with E-state index in [2.05, 4.69) is 39.5 Å². The molecular formula is C12H22. The highest BCUT2D eigenvalue weighted by atomic mass is 13.8. The Morgan fingerprint density at radius 1 is 1.25 bits per heavy atom. The molecule has 0 rings (SSSR count). The summed E-state index contributed by atoms with van der Waals surface area (Å²) in [5, 5.41) is 0.